The average Bonchev–Trinajstić information content (AvgIpc) is 2.41. The predicted molar refractivity (Wildman–Crippen MR) is 76.9 cm³/mol. The molecule has 6 nitrogen and oxygen atoms in total. The van der Waals surface area contributed by atoms with E-state index in [4.69, 9.17) is 11.6 Å². The van der Waals surface area contributed by atoms with Gasteiger partial charge in [-0.3, -0.25) is 14.9 Å². The molecule has 0 saturated carbocycles. The standard InChI is InChI=1S/C13H16ClN3O3/c1-13(4-6-15-7-5-13)12(18)16-11-3-2-9(17(19)20)8-10(11)14/h2-3,8,15H,4-7H2,1H3,(H,16,18). The summed E-state index contributed by atoms with van der Waals surface area (Å²) in [5.74, 6) is -0.102. The summed E-state index contributed by atoms with van der Waals surface area (Å²) in [5.41, 5.74) is -0.126. The highest BCUT2D eigenvalue weighted by Crippen LogP contribution is 2.32. The first-order chi connectivity index (χ1) is 9.42. The summed E-state index contributed by atoms with van der Waals surface area (Å²) in [6.45, 7) is 3.53. The molecule has 0 bridgehead atoms. The number of nitro groups is 1. The van der Waals surface area contributed by atoms with Crippen molar-refractivity contribution in [1.82, 2.24) is 5.32 Å². The molecule has 1 saturated heterocycles. The minimum absolute atomic E-state index is 0.0962. The molecule has 1 aliphatic rings. The van der Waals surface area contributed by atoms with Crippen molar-refractivity contribution < 1.29 is 9.72 Å². The maximum atomic E-state index is 12.3. The lowest BCUT2D eigenvalue weighted by atomic mass is 9.80. The third-order valence-electron chi connectivity index (χ3n) is 3.67. The first kappa shape index (κ1) is 14.7. The van der Waals surface area contributed by atoms with Crippen LogP contribution in [0.5, 0.6) is 0 Å². The van der Waals surface area contributed by atoms with Crippen molar-refractivity contribution in [3.8, 4) is 0 Å². The van der Waals surface area contributed by atoms with Gasteiger partial charge < -0.3 is 10.6 Å². The van der Waals surface area contributed by atoms with Gasteiger partial charge in [0.05, 0.1) is 15.6 Å². The maximum absolute atomic E-state index is 12.3. The van der Waals surface area contributed by atoms with Crippen LogP contribution in [0, 0.1) is 15.5 Å². The molecule has 108 valence electrons. The van der Waals surface area contributed by atoms with Gasteiger partial charge in [-0.1, -0.05) is 18.5 Å². The zero-order chi connectivity index (χ0) is 14.8. The summed E-state index contributed by atoms with van der Waals surface area (Å²) in [5, 5.41) is 16.8. The SMILES string of the molecule is CC1(C(=O)Nc2ccc([N+](=O)[O-])cc2Cl)CCNCC1. The number of nitrogens with one attached hydrogen (secondary N) is 2. The van der Waals surface area contributed by atoms with Crippen LogP contribution < -0.4 is 10.6 Å². The van der Waals surface area contributed by atoms with Crippen LogP contribution >= 0.6 is 11.6 Å². The summed E-state index contributed by atoms with van der Waals surface area (Å²) >= 11 is 5.97. The highest BCUT2D eigenvalue weighted by molar-refractivity contribution is 6.34. The summed E-state index contributed by atoms with van der Waals surface area (Å²) in [7, 11) is 0. The van der Waals surface area contributed by atoms with Crippen LogP contribution in [0.15, 0.2) is 18.2 Å². The van der Waals surface area contributed by atoms with E-state index >= 15 is 0 Å². The van der Waals surface area contributed by atoms with E-state index < -0.39 is 10.3 Å². The minimum Gasteiger partial charge on any atom is -0.324 e. The normalized spacial score (nSPS) is 17.5. The van der Waals surface area contributed by atoms with Gasteiger partial charge in [-0.05, 0) is 32.0 Å². The number of anilines is 1. The van der Waals surface area contributed by atoms with Crippen LogP contribution in [0.2, 0.25) is 5.02 Å². The molecule has 1 aliphatic heterocycles. The molecule has 2 rings (SSSR count). The Kier molecular flexibility index (Phi) is 4.25. The fraction of sp³-hybridized carbons (Fsp3) is 0.462. The van der Waals surface area contributed by atoms with Gasteiger partial charge in [-0.15, -0.1) is 0 Å². The Morgan fingerprint density at radius 3 is 2.65 bits per heavy atom. The molecule has 2 N–H and O–H groups in total. The third-order valence-corrected chi connectivity index (χ3v) is 3.98. The van der Waals surface area contributed by atoms with E-state index in [9.17, 15) is 14.9 Å². The van der Waals surface area contributed by atoms with Crippen molar-refractivity contribution >= 4 is 28.9 Å². The Morgan fingerprint density at radius 1 is 1.45 bits per heavy atom. The van der Waals surface area contributed by atoms with Gasteiger partial charge in [0.15, 0.2) is 0 Å². The molecule has 0 aromatic heterocycles. The summed E-state index contributed by atoms with van der Waals surface area (Å²) in [4.78, 5) is 22.4. The Balaban J connectivity index is 2.13. The number of nitro benzene ring substituents is 1. The third kappa shape index (κ3) is 3.08. The molecule has 1 aromatic carbocycles. The maximum Gasteiger partial charge on any atom is 0.271 e. The molecule has 1 amide bonds. The quantitative estimate of drug-likeness (QED) is 0.663. The van der Waals surface area contributed by atoms with Gasteiger partial charge in [-0.25, -0.2) is 0 Å². The lowest BCUT2D eigenvalue weighted by molar-refractivity contribution is -0.384. The lowest BCUT2D eigenvalue weighted by Gasteiger charge is -2.32. The fourth-order valence-electron chi connectivity index (χ4n) is 2.20. The van der Waals surface area contributed by atoms with Gasteiger partial charge in [0, 0.05) is 17.5 Å². The van der Waals surface area contributed by atoms with E-state index in [2.05, 4.69) is 10.6 Å². The molecule has 1 heterocycles. The summed E-state index contributed by atoms with van der Waals surface area (Å²) in [6.07, 6.45) is 1.51. The predicted octanol–water partition coefficient (Wildman–Crippen LogP) is 2.58. The number of hydrogen-bond acceptors (Lipinski definition) is 4. The van der Waals surface area contributed by atoms with E-state index in [0.717, 1.165) is 25.9 Å². The number of amides is 1. The van der Waals surface area contributed by atoms with Crippen LogP contribution in [-0.4, -0.2) is 23.9 Å². The largest absolute Gasteiger partial charge is 0.324 e. The number of nitrogens with zero attached hydrogens (tertiary/aromatic N) is 1. The van der Waals surface area contributed by atoms with E-state index in [-0.39, 0.29) is 16.6 Å². The van der Waals surface area contributed by atoms with Crippen LogP contribution in [0.25, 0.3) is 0 Å². The van der Waals surface area contributed by atoms with Crippen LogP contribution in [-0.2, 0) is 4.79 Å². The lowest BCUT2D eigenvalue weighted by Crippen LogP contribution is -2.42. The number of benzene rings is 1. The van der Waals surface area contributed by atoms with Crippen molar-refractivity contribution in [2.75, 3.05) is 18.4 Å². The molecule has 7 heteroatoms. The Bertz CT molecular complexity index is 542. The smallest absolute Gasteiger partial charge is 0.271 e. The Labute approximate surface area is 121 Å². The van der Waals surface area contributed by atoms with Crippen molar-refractivity contribution in [3.05, 3.63) is 33.3 Å². The first-order valence-corrected chi connectivity index (χ1v) is 6.76. The van der Waals surface area contributed by atoms with Gasteiger partial charge in [0.1, 0.15) is 0 Å². The topological polar surface area (TPSA) is 84.3 Å². The van der Waals surface area contributed by atoms with Gasteiger partial charge in [0.25, 0.3) is 5.69 Å². The number of carbonyl (C=O) groups is 1. The second-order valence-corrected chi connectivity index (χ2v) is 5.59. The first-order valence-electron chi connectivity index (χ1n) is 6.38. The van der Waals surface area contributed by atoms with Crippen molar-refractivity contribution in [2.24, 2.45) is 5.41 Å². The van der Waals surface area contributed by atoms with Crippen molar-refractivity contribution in [2.45, 2.75) is 19.8 Å². The molecule has 0 atom stereocenters. The van der Waals surface area contributed by atoms with E-state index in [1.165, 1.54) is 18.2 Å². The molecule has 0 unspecified atom stereocenters. The number of piperidine rings is 1. The minimum atomic E-state index is -0.522. The van der Waals surface area contributed by atoms with E-state index in [0.29, 0.717) is 5.69 Å². The van der Waals surface area contributed by atoms with Gasteiger partial charge in [0.2, 0.25) is 5.91 Å². The number of carbonyl (C=O) groups excluding carboxylic acids is 1. The van der Waals surface area contributed by atoms with Crippen molar-refractivity contribution in [1.29, 1.82) is 0 Å². The average molecular weight is 298 g/mol. The molecule has 0 radical (unpaired) electrons. The second-order valence-electron chi connectivity index (χ2n) is 5.19. The molecular weight excluding hydrogens is 282 g/mol. The highest BCUT2D eigenvalue weighted by Gasteiger charge is 2.34. The molecule has 0 spiro atoms. The zero-order valence-corrected chi connectivity index (χ0v) is 11.9. The Morgan fingerprint density at radius 2 is 2.10 bits per heavy atom. The number of halogens is 1. The van der Waals surface area contributed by atoms with Gasteiger partial charge in [-0.2, -0.15) is 0 Å². The Hall–Kier alpha value is -1.66. The number of non-ortho nitro benzene ring substituents is 1. The second kappa shape index (κ2) is 5.76. The van der Waals surface area contributed by atoms with E-state index in [1.807, 2.05) is 6.92 Å². The monoisotopic (exact) mass is 297 g/mol. The zero-order valence-electron chi connectivity index (χ0n) is 11.1. The highest BCUT2D eigenvalue weighted by atomic mass is 35.5. The molecule has 1 aromatic rings. The van der Waals surface area contributed by atoms with Crippen LogP contribution in [0.1, 0.15) is 19.8 Å². The number of rotatable bonds is 3. The summed E-state index contributed by atoms with van der Waals surface area (Å²) < 4.78 is 0. The van der Waals surface area contributed by atoms with Gasteiger partial charge >= 0.3 is 0 Å². The molecular formula is C13H16ClN3O3. The van der Waals surface area contributed by atoms with E-state index in [1.54, 1.807) is 0 Å². The van der Waals surface area contributed by atoms with Crippen LogP contribution in [0.4, 0.5) is 11.4 Å². The number of hydrogen-bond donors (Lipinski definition) is 2. The van der Waals surface area contributed by atoms with Crippen LogP contribution in [0.3, 0.4) is 0 Å². The molecule has 1 fully saturated rings. The summed E-state index contributed by atoms with van der Waals surface area (Å²) in [6, 6.07) is 4.02. The fourth-order valence-corrected chi connectivity index (χ4v) is 2.42. The van der Waals surface area contributed by atoms with Crippen molar-refractivity contribution in [3.63, 3.8) is 0 Å². The molecule has 20 heavy (non-hydrogen) atoms. The molecule has 0 aliphatic carbocycles.